The molecule has 0 atom stereocenters. The Bertz CT molecular complexity index is 150. The van der Waals surface area contributed by atoms with Crippen LogP contribution in [0.1, 0.15) is 5.56 Å². The van der Waals surface area contributed by atoms with E-state index in [2.05, 4.69) is 6.92 Å². The number of halogens is 2. The molecule has 0 fully saturated rings. The zero-order valence-electron chi connectivity index (χ0n) is 5.48. The summed E-state index contributed by atoms with van der Waals surface area (Å²) in [7, 11) is 0. The third kappa shape index (κ3) is 4.16. The van der Waals surface area contributed by atoms with Crippen LogP contribution in [-0.4, -0.2) is 0 Å². The van der Waals surface area contributed by atoms with E-state index in [1.807, 2.05) is 24.3 Å². The number of benzene rings is 1. The van der Waals surface area contributed by atoms with E-state index in [4.69, 9.17) is 11.6 Å². The molecule has 0 spiro atoms. The summed E-state index contributed by atoms with van der Waals surface area (Å²) in [6, 6.07) is 7.40. The minimum atomic E-state index is 0. The van der Waals surface area contributed by atoms with Gasteiger partial charge in [0.2, 0.25) is 0 Å². The van der Waals surface area contributed by atoms with Crippen LogP contribution in [0.25, 0.3) is 0 Å². The molecular weight excluding hydrogens is 220 g/mol. The Morgan fingerprint density at radius 1 is 1.10 bits per heavy atom. The molecule has 10 heavy (non-hydrogen) atoms. The average Bonchev–Trinajstić information content (AvgIpc) is 1.77. The monoisotopic (exact) mass is 224 g/mol. The Hall–Kier alpha value is 0.293. The smallest absolute Gasteiger partial charge is 1.00 e. The van der Waals surface area contributed by atoms with Crippen LogP contribution in [0.5, 0.6) is 0 Å². The second kappa shape index (κ2) is 6.03. The Kier molecular flexibility index (Phi) is 7.80. The minimum absolute atomic E-state index is 0. The molecule has 0 nitrogen and oxygen atoms in total. The molecule has 1 aromatic carbocycles. The predicted octanol–water partition coefficient (Wildman–Crippen LogP) is -0.476. The zero-order chi connectivity index (χ0) is 5.98. The van der Waals surface area contributed by atoms with E-state index in [1.165, 1.54) is 0 Å². The van der Waals surface area contributed by atoms with Crippen LogP contribution in [0.15, 0.2) is 24.3 Å². The molecule has 0 aliphatic carbocycles. The van der Waals surface area contributed by atoms with Crippen molar-refractivity contribution in [1.29, 1.82) is 0 Å². The fourth-order valence-electron chi connectivity index (χ4n) is 0.484. The molecule has 0 radical (unpaired) electrons. The van der Waals surface area contributed by atoms with Gasteiger partial charge in [-0.2, -0.15) is 24.6 Å². The van der Waals surface area contributed by atoms with Gasteiger partial charge in [-0.05, 0) is 0 Å². The standard InChI is InChI=1S/C7H6Cl.ClH.Zn/c1-6-2-4-7(8)5-3-6;;/h2-5H,1H2;1H;/q-1;;+2/p-1. The van der Waals surface area contributed by atoms with Crippen LogP contribution in [0.4, 0.5) is 0 Å². The third-order valence-corrected chi connectivity index (χ3v) is 1.17. The van der Waals surface area contributed by atoms with Crippen LogP contribution in [-0.2, 0) is 19.5 Å². The summed E-state index contributed by atoms with van der Waals surface area (Å²) in [6.07, 6.45) is 0. The molecule has 0 saturated heterocycles. The summed E-state index contributed by atoms with van der Waals surface area (Å²) in [5.74, 6) is 0. The predicted molar refractivity (Wildman–Crippen MR) is 35.9 cm³/mol. The van der Waals surface area contributed by atoms with Gasteiger partial charge in [-0.15, -0.1) is 0 Å². The van der Waals surface area contributed by atoms with E-state index >= 15 is 0 Å². The van der Waals surface area contributed by atoms with Gasteiger partial charge in [-0.25, -0.2) is 0 Å². The molecule has 1 aromatic rings. The van der Waals surface area contributed by atoms with E-state index in [9.17, 15) is 0 Å². The first-order valence-corrected chi connectivity index (χ1v) is 2.74. The molecule has 0 unspecified atom stereocenters. The van der Waals surface area contributed by atoms with E-state index in [0.717, 1.165) is 10.6 Å². The molecule has 0 N–H and O–H groups in total. The number of rotatable bonds is 0. The van der Waals surface area contributed by atoms with Crippen molar-refractivity contribution in [1.82, 2.24) is 0 Å². The van der Waals surface area contributed by atoms with Gasteiger partial charge in [0.25, 0.3) is 0 Å². The quantitative estimate of drug-likeness (QED) is 0.414. The average molecular weight is 226 g/mol. The van der Waals surface area contributed by atoms with Gasteiger partial charge in [-0.3, -0.25) is 0 Å². The maximum atomic E-state index is 5.58. The van der Waals surface area contributed by atoms with E-state index in [-0.39, 0.29) is 31.9 Å². The van der Waals surface area contributed by atoms with Gasteiger partial charge >= 0.3 is 19.5 Å². The molecule has 0 aliphatic rings. The summed E-state index contributed by atoms with van der Waals surface area (Å²) in [5.41, 5.74) is 0.995. The minimum Gasteiger partial charge on any atom is -1.00 e. The van der Waals surface area contributed by atoms with Crippen LogP contribution >= 0.6 is 11.6 Å². The molecular formula is C7H6Cl2Zn. The van der Waals surface area contributed by atoms with Crippen LogP contribution in [0, 0.1) is 6.92 Å². The Balaban J connectivity index is 0. The molecule has 0 aromatic heterocycles. The van der Waals surface area contributed by atoms with Crippen molar-refractivity contribution in [3.63, 3.8) is 0 Å². The van der Waals surface area contributed by atoms with Gasteiger partial charge < -0.3 is 12.4 Å². The Labute approximate surface area is 85.1 Å². The summed E-state index contributed by atoms with van der Waals surface area (Å²) >= 11 is 5.58. The second-order valence-electron chi connectivity index (χ2n) is 1.63. The van der Waals surface area contributed by atoms with E-state index in [1.54, 1.807) is 0 Å². The van der Waals surface area contributed by atoms with Crippen molar-refractivity contribution < 1.29 is 31.9 Å². The first-order valence-electron chi connectivity index (χ1n) is 2.36. The first-order chi connectivity index (χ1) is 3.79. The van der Waals surface area contributed by atoms with Crippen molar-refractivity contribution in [2.75, 3.05) is 0 Å². The van der Waals surface area contributed by atoms with Crippen LogP contribution < -0.4 is 12.4 Å². The summed E-state index contributed by atoms with van der Waals surface area (Å²) in [5, 5.41) is 0.761. The van der Waals surface area contributed by atoms with Gasteiger partial charge in [-0.1, -0.05) is 23.7 Å². The third-order valence-electron chi connectivity index (χ3n) is 0.913. The van der Waals surface area contributed by atoms with Crippen molar-refractivity contribution in [3.05, 3.63) is 41.8 Å². The number of hydrogen-bond donors (Lipinski definition) is 0. The fourth-order valence-corrected chi connectivity index (χ4v) is 0.610. The summed E-state index contributed by atoms with van der Waals surface area (Å²) in [6.45, 7) is 3.70. The Morgan fingerprint density at radius 2 is 1.50 bits per heavy atom. The van der Waals surface area contributed by atoms with Crippen molar-refractivity contribution in [2.24, 2.45) is 0 Å². The molecule has 50 valence electrons. The van der Waals surface area contributed by atoms with Crippen molar-refractivity contribution >= 4 is 11.6 Å². The van der Waals surface area contributed by atoms with Crippen molar-refractivity contribution in [3.8, 4) is 0 Å². The molecule has 1 rings (SSSR count). The van der Waals surface area contributed by atoms with Crippen LogP contribution in [0.2, 0.25) is 5.02 Å². The van der Waals surface area contributed by atoms with Crippen molar-refractivity contribution in [2.45, 2.75) is 0 Å². The first kappa shape index (κ1) is 12.9. The van der Waals surface area contributed by atoms with E-state index in [0.29, 0.717) is 0 Å². The van der Waals surface area contributed by atoms with Gasteiger partial charge in [0.05, 0.1) is 0 Å². The van der Waals surface area contributed by atoms with Gasteiger partial charge in [0.15, 0.2) is 0 Å². The molecule has 3 heteroatoms. The van der Waals surface area contributed by atoms with Gasteiger partial charge in [0, 0.05) is 5.02 Å². The number of hydrogen-bond acceptors (Lipinski definition) is 0. The second-order valence-corrected chi connectivity index (χ2v) is 2.06. The largest absolute Gasteiger partial charge is 2.00 e. The molecule has 0 heterocycles. The summed E-state index contributed by atoms with van der Waals surface area (Å²) in [4.78, 5) is 0. The summed E-state index contributed by atoms with van der Waals surface area (Å²) < 4.78 is 0. The SMILES string of the molecule is [CH2-]c1ccc(Cl)cc1.[Cl-].[Zn+2]. The molecule has 0 amide bonds. The molecule has 0 aliphatic heterocycles. The zero-order valence-corrected chi connectivity index (χ0v) is 9.96. The van der Waals surface area contributed by atoms with Gasteiger partial charge in [0.1, 0.15) is 0 Å². The maximum absolute atomic E-state index is 5.58. The maximum Gasteiger partial charge on any atom is 2.00 e. The fraction of sp³-hybridized carbons (Fsp3) is 0. The van der Waals surface area contributed by atoms with Crippen LogP contribution in [0.3, 0.4) is 0 Å². The van der Waals surface area contributed by atoms with E-state index < -0.39 is 0 Å². The normalized spacial score (nSPS) is 7.30. The molecule has 0 saturated carbocycles. The topological polar surface area (TPSA) is 0 Å². The molecule has 0 bridgehead atoms. The Morgan fingerprint density at radius 3 is 1.80 bits per heavy atom.